The Morgan fingerprint density at radius 3 is 2.30 bits per heavy atom. The van der Waals surface area contributed by atoms with Crippen LogP contribution in [0.15, 0.2) is 10.3 Å². The maximum absolute atomic E-state index is 12.2. The van der Waals surface area contributed by atoms with Crippen molar-refractivity contribution in [3.8, 4) is 0 Å². The number of rotatable bonds is 1. The van der Waals surface area contributed by atoms with Gasteiger partial charge in [0.2, 0.25) is 0 Å². The topological polar surface area (TPSA) is 29.2 Å². The van der Waals surface area contributed by atoms with E-state index in [9.17, 15) is 8.78 Å². The van der Waals surface area contributed by atoms with Gasteiger partial charge in [0.05, 0.1) is 6.92 Å². The van der Waals surface area contributed by atoms with Crippen molar-refractivity contribution in [1.29, 1.82) is 0 Å². The zero-order valence-corrected chi connectivity index (χ0v) is 5.06. The minimum Gasteiger partial charge on any atom is -0.146 e. The highest BCUT2D eigenvalue weighted by atomic mass is 19.3. The summed E-state index contributed by atoms with van der Waals surface area (Å²) < 4.78 is 24.5. The first-order valence-electron chi connectivity index (χ1n) is 2.72. The lowest BCUT2D eigenvalue weighted by molar-refractivity contribution is -0.988. The Bertz CT molecular complexity index is 129. The van der Waals surface area contributed by atoms with Gasteiger partial charge in [-0.1, -0.05) is 7.43 Å². The van der Waals surface area contributed by atoms with Crippen LogP contribution < -0.4 is 5.01 Å². The Morgan fingerprint density at radius 2 is 2.10 bits per heavy atom. The number of nitrogens with zero attached hydrogens (tertiary/aromatic N) is 2. The molecule has 0 saturated carbocycles. The van der Waals surface area contributed by atoms with Crippen molar-refractivity contribution < 1.29 is 13.8 Å². The van der Waals surface area contributed by atoms with Gasteiger partial charge in [-0.15, -0.1) is 18.9 Å². The summed E-state index contributed by atoms with van der Waals surface area (Å²) in [5.41, 5.74) is 0. The lowest BCUT2D eigenvalue weighted by Crippen LogP contribution is -3.13. The quantitative estimate of drug-likeness (QED) is 0.530. The molecule has 0 spiro atoms. The number of hydrogen-bond donors (Lipinski definition) is 1. The van der Waals surface area contributed by atoms with Gasteiger partial charge in [0.1, 0.15) is 13.1 Å². The molecule has 1 N–H and O–H groups in total. The zero-order chi connectivity index (χ0) is 6.91. The Labute approximate surface area is 58.7 Å². The Balaban J connectivity index is 0.000000810. The van der Waals surface area contributed by atoms with Crippen molar-refractivity contribution in [2.45, 2.75) is 20.4 Å². The van der Waals surface area contributed by atoms with Crippen molar-refractivity contribution in [3.63, 3.8) is 0 Å². The second-order valence-electron chi connectivity index (χ2n) is 2.05. The molecule has 1 aliphatic rings. The van der Waals surface area contributed by atoms with E-state index < -0.39 is 6.05 Å². The Hall–Kier alpha value is -0.580. The van der Waals surface area contributed by atoms with E-state index in [1.165, 1.54) is 0 Å². The molecule has 3 nitrogen and oxygen atoms in total. The van der Waals surface area contributed by atoms with E-state index >= 15 is 0 Å². The zero-order valence-electron chi connectivity index (χ0n) is 5.06. The number of hydrogen-bond acceptors (Lipinski definition) is 2. The van der Waals surface area contributed by atoms with Gasteiger partial charge >= 0.3 is 6.05 Å². The summed E-state index contributed by atoms with van der Waals surface area (Å²) in [4.78, 5) is 0. The highest BCUT2D eigenvalue weighted by molar-refractivity contribution is 4.41. The van der Waals surface area contributed by atoms with Crippen LogP contribution in [0.5, 0.6) is 0 Å². The third-order valence-electron chi connectivity index (χ3n) is 1.15. The number of nitrogens with one attached hydrogen (secondary N) is 1. The molecular formula is C5H12F2N3+. The van der Waals surface area contributed by atoms with Gasteiger partial charge in [-0.05, 0) is 0 Å². The number of alkyl halides is 2. The molecular weight excluding hydrogens is 140 g/mol. The molecule has 0 aromatic heterocycles. The third-order valence-corrected chi connectivity index (χ3v) is 1.15. The summed E-state index contributed by atoms with van der Waals surface area (Å²) in [5.74, 6) is 0. The molecule has 60 valence electrons. The Kier molecular flexibility index (Phi) is 2.83. The van der Waals surface area contributed by atoms with Crippen molar-refractivity contribution in [3.05, 3.63) is 0 Å². The van der Waals surface area contributed by atoms with Crippen molar-refractivity contribution in [2.24, 2.45) is 10.3 Å². The molecule has 0 aromatic rings. The molecule has 0 saturated heterocycles. The fourth-order valence-corrected chi connectivity index (χ4v) is 0.649. The first kappa shape index (κ1) is 9.42. The summed E-state index contributed by atoms with van der Waals surface area (Å²) in [7, 11) is 0. The third kappa shape index (κ3) is 1.98. The van der Waals surface area contributed by atoms with Gasteiger partial charge < -0.3 is 0 Å². The second kappa shape index (κ2) is 3.01. The second-order valence-corrected chi connectivity index (χ2v) is 2.05. The lowest BCUT2D eigenvalue weighted by Gasteiger charge is -2.11. The highest BCUT2D eigenvalue weighted by Gasteiger charge is 2.38. The van der Waals surface area contributed by atoms with Crippen LogP contribution in [-0.4, -0.2) is 19.1 Å². The molecule has 5 heteroatoms. The summed E-state index contributed by atoms with van der Waals surface area (Å²) in [6, 6.07) is -2.76. The van der Waals surface area contributed by atoms with E-state index in [2.05, 4.69) is 10.3 Å². The minimum absolute atomic E-state index is 0. The standard InChI is InChI=1S/C4H7F2N3.CH4/c1-4(5,6)9-3-2-7-8-9;/h2-3H2,1H3;1H4/p+1. The van der Waals surface area contributed by atoms with Crippen molar-refractivity contribution in [2.75, 3.05) is 13.1 Å². The smallest absolute Gasteiger partial charge is 0.146 e. The van der Waals surface area contributed by atoms with E-state index in [1.807, 2.05) is 0 Å². The van der Waals surface area contributed by atoms with E-state index in [4.69, 9.17) is 0 Å². The molecule has 1 aliphatic heterocycles. The molecule has 0 fully saturated rings. The average molecular weight is 152 g/mol. The van der Waals surface area contributed by atoms with Crippen LogP contribution in [0, 0.1) is 0 Å². The van der Waals surface area contributed by atoms with Crippen LogP contribution in [0.4, 0.5) is 8.78 Å². The monoisotopic (exact) mass is 152 g/mol. The highest BCUT2D eigenvalue weighted by Crippen LogP contribution is 2.01. The van der Waals surface area contributed by atoms with Gasteiger partial charge in [0.15, 0.2) is 0 Å². The van der Waals surface area contributed by atoms with Crippen molar-refractivity contribution >= 4 is 0 Å². The molecule has 0 radical (unpaired) electrons. The predicted octanol–water partition coefficient (Wildman–Crippen LogP) is 0.501. The van der Waals surface area contributed by atoms with Crippen LogP contribution in [0.2, 0.25) is 0 Å². The van der Waals surface area contributed by atoms with Gasteiger partial charge in [-0.25, -0.2) is 0 Å². The molecule has 0 aromatic carbocycles. The van der Waals surface area contributed by atoms with E-state index in [1.54, 1.807) is 0 Å². The molecule has 1 unspecified atom stereocenters. The molecule has 10 heavy (non-hydrogen) atoms. The molecule has 0 aliphatic carbocycles. The normalized spacial score (nSPS) is 24.5. The van der Waals surface area contributed by atoms with Crippen LogP contribution in [0.3, 0.4) is 0 Å². The van der Waals surface area contributed by atoms with Crippen LogP contribution in [-0.2, 0) is 0 Å². The van der Waals surface area contributed by atoms with Gasteiger partial charge in [-0.2, -0.15) is 0 Å². The number of halogens is 2. The van der Waals surface area contributed by atoms with Crippen LogP contribution in [0.25, 0.3) is 0 Å². The summed E-state index contributed by atoms with van der Waals surface area (Å²) in [6.45, 7) is 1.56. The predicted molar refractivity (Wildman–Crippen MR) is 32.9 cm³/mol. The van der Waals surface area contributed by atoms with Crippen LogP contribution >= 0.6 is 0 Å². The molecule has 1 rings (SSSR count). The summed E-state index contributed by atoms with van der Waals surface area (Å²) in [6.07, 6.45) is 0. The van der Waals surface area contributed by atoms with E-state index in [0.717, 1.165) is 6.92 Å². The minimum atomic E-state index is -2.76. The van der Waals surface area contributed by atoms with Gasteiger partial charge in [0.25, 0.3) is 0 Å². The molecule has 0 bridgehead atoms. The largest absolute Gasteiger partial charge is 0.411 e. The molecule has 1 atom stereocenters. The van der Waals surface area contributed by atoms with Gasteiger partial charge in [0, 0.05) is 5.22 Å². The fraction of sp³-hybridized carbons (Fsp3) is 1.00. The molecule has 0 amide bonds. The maximum atomic E-state index is 12.2. The maximum Gasteiger partial charge on any atom is 0.411 e. The average Bonchev–Trinajstić information content (AvgIpc) is 2.08. The van der Waals surface area contributed by atoms with E-state index in [0.29, 0.717) is 13.1 Å². The first-order valence-corrected chi connectivity index (χ1v) is 2.72. The first-order chi connectivity index (χ1) is 4.11. The summed E-state index contributed by atoms with van der Waals surface area (Å²) in [5, 5.41) is 6.64. The summed E-state index contributed by atoms with van der Waals surface area (Å²) >= 11 is 0. The lowest BCUT2D eigenvalue weighted by atomic mass is 10.5. The fourth-order valence-electron chi connectivity index (χ4n) is 0.649. The van der Waals surface area contributed by atoms with E-state index in [-0.39, 0.29) is 12.4 Å². The van der Waals surface area contributed by atoms with Crippen molar-refractivity contribution in [1.82, 2.24) is 0 Å². The number of quaternary nitrogens is 1. The SMILES string of the molecule is C.CC(F)(F)[NH+]1CCN=N1. The Morgan fingerprint density at radius 1 is 1.50 bits per heavy atom. The molecule has 1 heterocycles. The van der Waals surface area contributed by atoms with Crippen LogP contribution in [0.1, 0.15) is 14.4 Å². The van der Waals surface area contributed by atoms with Gasteiger partial charge in [-0.3, -0.25) is 0 Å².